The van der Waals surface area contributed by atoms with Gasteiger partial charge in [0.1, 0.15) is 13.2 Å². The average molecular weight is 766 g/mol. The van der Waals surface area contributed by atoms with Gasteiger partial charge in [-0.15, -0.1) is 0 Å². The number of halogens is 3. The largest absolute Gasteiger partial charge is 0.444 e. The number of rotatable bonds is 10. The van der Waals surface area contributed by atoms with Crippen LogP contribution in [0.15, 0.2) is 101 Å². The number of allylic oxidation sites excluding steroid dienone is 4. The first-order valence-corrected chi connectivity index (χ1v) is 19.2. The predicted molar refractivity (Wildman–Crippen MR) is 200 cm³/mol. The third-order valence-electron chi connectivity index (χ3n) is 10.5. The number of carbonyl (C=O) groups excluding carboxylic acids is 2. The molecule has 1 heterocycles. The van der Waals surface area contributed by atoms with E-state index in [1.165, 1.54) is 12.1 Å². The quantitative estimate of drug-likeness (QED) is 0.189. The Kier molecular flexibility index (Phi) is 11.8. The van der Waals surface area contributed by atoms with E-state index >= 15 is 0 Å². The lowest BCUT2D eigenvalue weighted by Gasteiger charge is -2.33. The summed E-state index contributed by atoms with van der Waals surface area (Å²) in [6, 6.07) is 11.0. The summed E-state index contributed by atoms with van der Waals surface area (Å²) in [4.78, 5) is 26.6. The Balaban J connectivity index is 1.44. The molecule has 2 atom stereocenters. The maximum atomic E-state index is 14.1. The molecule has 0 N–H and O–H groups in total. The minimum atomic E-state index is -4.93. The van der Waals surface area contributed by atoms with E-state index in [1.807, 2.05) is 39.0 Å². The van der Waals surface area contributed by atoms with Gasteiger partial charge >= 0.3 is 18.4 Å². The zero-order valence-corrected chi connectivity index (χ0v) is 32.1. The van der Waals surface area contributed by atoms with Gasteiger partial charge in [0.05, 0.1) is 16.3 Å². The lowest BCUT2D eigenvalue weighted by molar-refractivity contribution is -0.141. The van der Waals surface area contributed by atoms with Crippen LogP contribution < -0.4 is 0 Å². The number of carbonyl (C=O) groups is 2. The fraction of sp³-hybridized carbons (Fsp3) is 0.390. The number of aryl methyl sites for hydroxylation is 2. The van der Waals surface area contributed by atoms with Crippen molar-refractivity contribution in [2.75, 3.05) is 13.2 Å². The molecule has 5 rings (SSSR count). The van der Waals surface area contributed by atoms with Crippen molar-refractivity contribution in [3.8, 4) is 16.9 Å². The van der Waals surface area contributed by atoms with Gasteiger partial charge < -0.3 is 9.47 Å². The van der Waals surface area contributed by atoms with Crippen molar-refractivity contribution in [1.29, 1.82) is 0 Å². The number of nitrogens with zero attached hydrogens (tertiary/aromatic N) is 3. The van der Waals surface area contributed by atoms with Crippen LogP contribution in [0.2, 0.25) is 0 Å². The molecule has 0 saturated carbocycles. The van der Waals surface area contributed by atoms with Crippen LogP contribution in [0.25, 0.3) is 16.9 Å². The number of hydrogen-bond acceptors (Lipinski definition) is 7. The summed E-state index contributed by atoms with van der Waals surface area (Å²) in [5.41, 5.74) is 4.66. The van der Waals surface area contributed by atoms with E-state index in [1.54, 1.807) is 19.1 Å². The van der Waals surface area contributed by atoms with Crippen LogP contribution in [0.3, 0.4) is 0 Å². The first-order chi connectivity index (χ1) is 25.3. The Morgan fingerprint density at radius 1 is 0.963 bits per heavy atom. The molecule has 0 spiro atoms. The van der Waals surface area contributed by atoms with E-state index in [4.69, 9.17) is 9.47 Å². The van der Waals surface area contributed by atoms with Crippen molar-refractivity contribution in [2.24, 2.45) is 11.3 Å². The number of hydrogen-bond donors (Lipinski definition) is 0. The highest BCUT2D eigenvalue weighted by Crippen LogP contribution is 2.40. The van der Waals surface area contributed by atoms with Gasteiger partial charge in [-0.3, -0.25) is 0 Å². The van der Waals surface area contributed by atoms with Crippen LogP contribution in [-0.2, 0) is 25.7 Å². The van der Waals surface area contributed by atoms with Crippen LogP contribution >= 0.6 is 0 Å². The molecule has 0 unspecified atom stereocenters. The van der Waals surface area contributed by atoms with Crippen LogP contribution in [-0.4, -0.2) is 47.9 Å². The summed E-state index contributed by atoms with van der Waals surface area (Å²) in [6.45, 7) is 17.2. The Hall–Kier alpha value is -4.91. The second-order valence-corrected chi connectivity index (χ2v) is 16.4. The van der Waals surface area contributed by atoms with Crippen molar-refractivity contribution in [3.63, 3.8) is 0 Å². The van der Waals surface area contributed by atoms with Gasteiger partial charge in [0, 0.05) is 5.56 Å². The monoisotopic (exact) mass is 765 g/mol. The number of benzene rings is 2. The molecular formula is C41H46F3N3O6S. The van der Waals surface area contributed by atoms with E-state index < -0.39 is 39.0 Å². The second-order valence-electron chi connectivity index (χ2n) is 14.6. The summed E-state index contributed by atoms with van der Waals surface area (Å²) in [7, 11) is -4.93. The molecule has 1 aromatic heterocycles. The van der Waals surface area contributed by atoms with Gasteiger partial charge in [-0.2, -0.15) is 18.3 Å². The molecule has 3 aromatic rings. The molecule has 0 fully saturated rings. The highest BCUT2D eigenvalue weighted by atomic mass is 32.2. The molecule has 54 heavy (non-hydrogen) atoms. The first kappa shape index (κ1) is 40.3. The lowest BCUT2D eigenvalue weighted by Crippen LogP contribution is -2.43. The molecule has 2 aromatic carbocycles. The fourth-order valence-electron chi connectivity index (χ4n) is 6.48. The maximum absolute atomic E-state index is 14.1. The molecule has 2 aliphatic carbocycles. The fourth-order valence-corrected chi connectivity index (χ4v) is 7.67. The topological polar surface area (TPSA) is 108 Å². The van der Waals surface area contributed by atoms with Gasteiger partial charge in [-0.25, -0.2) is 22.7 Å². The molecule has 2 amide bonds. The summed E-state index contributed by atoms with van der Waals surface area (Å²) in [5, 5.41) is 3.82. The maximum Gasteiger partial charge on any atom is 0.435 e. The third-order valence-corrected chi connectivity index (χ3v) is 12.1. The summed E-state index contributed by atoms with van der Waals surface area (Å²) in [6.07, 6.45) is 0.318. The van der Waals surface area contributed by atoms with Crippen LogP contribution in [0.1, 0.15) is 76.1 Å². The molecule has 0 radical (unpaired) electrons. The van der Waals surface area contributed by atoms with Crippen LogP contribution in [0.4, 0.5) is 22.8 Å². The van der Waals surface area contributed by atoms with Crippen LogP contribution in [0.5, 0.6) is 0 Å². The normalized spacial score (nSPS) is 19.0. The smallest absolute Gasteiger partial charge is 0.435 e. The van der Waals surface area contributed by atoms with Gasteiger partial charge in [0.25, 0.3) is 10.0 Å². The number of aromatic nitrogens is 2. The number of sulfonamides is 1. The molecule has 0 saturated heterocycles. The number of alkyl halides is 3. The van der Waals surface area contributed by atoms with Crippen molar-refractivity contribution < 1.29 is 40.7 Å². The first-order valence-electron chi connectivity index (χ1n) is 17.7. The molecule has 0 aliphatic heterocycles. The number of imide groups is 1. The molecule has 9 nitrogen and oxygen atoms in total. The summed E-state index contributed by atoms with van der Waals surface area (Å²) in [5.74, 6) is 0.292. The van der Waals surface area contributed by atoms with E-state index in [2.05, 4.69) is 25.2 Å². The third kappa shape index (κ3) is 8.89. The van der Waals surface area contributed by atoms with Crippen molar-refractivity contribution >= 4 is 22.2 Å². The zero-order valence-electron chi connectivity index (χ0n) is 31.3. The SMILES string of the molecule is C=C(C)[C@@H]1CC=C(COC(=O)N(C(=O)OCC2=CC[C@@](C)(C(=C)C)CC2)S(=O)(=O)c2ccc(-n3nc(C(F)(F)F)cc3-c3cc(C)ccc3C)cc2)CC1. The predicted octanol–water partition coefficient (Wildman–Crippen LogP) is 10.4. The molecule has 13 heteroatoms. The van der Waals surface area contributed by atoms with Crippen molar-refractivity contribution in [2.45, 2.75) is 84.2 Å². The Morgan fingerprint density at radius 2 is 1.59 bits per heavy atom. The Labute approximate surface area is 314 Å². The zero-order chi connectivity index (χ0) is 39.6. The lowest BCUT2D eigenvalue weighted by atomic mass is 9.72. The van der Waals surface area contributed by atoms with E-state index in [-0.39, 0.29) is 34.3 Å². The van der Waals surface area contributed by atoms with Gasteiger partial charge in [0.2, 0.25) is 0 Å². The number of ether oxygens (including phenoxy) is 2. The minimum Gasteiger partial charge on any atom is -0.444 e. The molecule has 2 aliphatic rings. The molecule has 288 valence electrons. The highest BCUT2D eigenvalue weighted by Gasteiger charge is 2.40. The van der Waals surface area contributed by atoms with Crippen molar-refractivity contribution in [3.05, 3.63) is 113 Å². The molecular weight excluding hydrogens is 720 g/mol. The van der Waals surface area contributed by atoms with Gasteiger partial charge in [-0.1, -0.05) is 65.4 Å². The number of amides is 2. The highest BCUT2D eigenvalue weighted by molar-refractivity contribution is 7.90. The summed E-state index contributed by atoms with van der Waals surface area (Å²) >= 11 is 0. The van der Waals surface area contributed by atoms with E-state index in [0.717, 1.165) is 63.6 Å². The Morgan fingerprint density at radius 3 is 2.11 bits per heavy atom. The second kappa shape index (κ2) is 15.8. The minimum absolute atomic E-state index is 0.0410. The van der Waals surface area contributed by atoms with Crippen molar-refractivity contribution in [1.82, 2.24) is 14.1 Å². The van der Waals surface area contributed by atoms with Gasteiger partial charge in [-0.05, 0) is 131 Å². The van der Waals surface area contributed by atoms with Gasteiger partial charge in [0.15, 0.2) is 5.69 Å². The van der Waals surface area contributed by atoms with Crippen LogP contribution in [0, 0.1) is 25.2 Å². The van der Waals surface area contributed by atoms with E-state index in [9.17, 15) is 31.2 Å². The summed E-state index contributed by atoms with van der Waals surface area (Å²) < 4.78 is 81.6. The molecule has 0 bridgehead atoms. The standard InChI is InChI=1S/C41H46F3N3O6S/c1-26(2)32-12-10-30(11-13-32)24-52-38(48)47(39(49)53-25-31-18-20-40(7,21-19-31)27(3)4)54(50,51)34-16-14-33(15-17-34)46-36(23-37(45-46)41(42,43)44)35-22-28(5)8-9-29(35)6/h8-10,14-18,22-23,32H,1,3,11-13,19-21,24-25H2,2,4-7H3/t32-,40-/m1/s1. The Bertz CT molecular complexity index is 2130. The average Bonchev–Trinajstić information content (AvgIpc) is 3.58. The van der Waals surface area contributed by atoms with E-state index in [0.29, 0.717) is 42.7 Å².